The monoisotopic (exact) mass is 312 g/mol. The van der Waals surface area contributed by atoms with Crippen molar-refractivity contribution in [2.75, 3.05) is 13.1 Å². The smallest absolute Gasteiger partial charge is 0.206 e. The van der Waals surface area contributed by atoms with E-state index < -0.39 is 10.0 Å². The molecule has 0 aliphatic carbocycles. The van der Waals surface area contributed by atoms with Crippen LogP contribution in [0.5, 0.6) is 0 Å². The van der Waals surface area contributed by atoms with Crippen molar-refractivity contribution in [1.82, 2.24) is 19.3 Å². The van der Waals surface area contributed by atoms with Crippen molar-refractivity contribution in [2.24, 2.45) is 0 Å². The molecule has 1 saturated heterocycles. The lowest BCUT2D eigenvalue weighted by Gasteiger charge is -2.30. The fourth-order valence-electron chi connectivity index (χ4n) is 2.41. The molecule has 0 saturated carbocycles. The zero-order valence-electron chi connectivity index (χ0n) is 11.1. The Morgan fingerprint density at radius 3 is 2.40 bits per heavy atom. The van der Waals surface area contributed by atoms with Crippen LogP contribution in [-0.4, -0.2) is 40.8 Å². The third-order valence-corrected chi connectivity index (χ3v) is 6.86. The van der Waals surface area contributed by atoms with Crippen LogP contribution in [0.4, 0.5) is 0 Å². The molecule has 2 aromatic rings. The summed E-state index contributed by atoms with van der Waals surface area (Å²) in [6, 6.07) is 3.73. The van der Waals surface area contributed by atoms with Crippen molar-refractivity contribution in [3.05, 3.63) is 29.4 Å². The molecule has 0 N–H and O–H groups in total. The lowest BCUT2D eigenvalue weighted by molar-refractivity contribution is 0.245. The van der Waals surface area contributed by atoms with Gasteiger partial charge in [0.25, 0.3) is 10.0 Å². The number of hydrogen-bond acceptors (Lipinski definition) is 5. The van der Waals surface area contributed by atoms with Crippen molar-refractivity contribution < 1.29 is 8.42 Å². The highest BCUT2D eigenvalue weighted by atomic mass is 32.2. The van der Waals surface area contributed by atoms with Gasteiger partial charge in [-0.05, 0) is 31.9 Å². The average molecular weight is 312 g/mol. The standard InChI is InChI=1S/C12H16N4O2S2/c1-10-2-3-12(19-10)20(17,18)15-8-4-11(5-9-15)16-13-6-7-14-16/h2-3,6-7,11H,4-5,8-9H2,1H3. The molecule has 0 atom stereocenters. The molecular formula is C12H16N4O2S2. The summed E-state index contributed by atoms with van der Waals surface area (Å²) in [6.45, 7) is 2.95. The number of hydrogen-bond donors (Lipinski definition) is 0. The Kier molecular flexibility index (Phi) is 3.61. The minimum Gasteiger partial charge on any atom is -0.206 e. The summed E-state index contributed by atoms with van der Waals surface area (Å²) in [5.74, 6) is 0. The molecule has 0 unspecified atom stereocenters. The summed E-state index contributed by atoms with van der Waals surface area (Å²) < 4.78 is 27.0. The molecule has 8 heteroatoms. The minimum absolute atomic E-state index is 0.196. The molecule has 0 aromatic carbocycles. The van der Waals surface area contributed by atoms with E-state index in [2.05, 4.69) is 10.2 Å². The van der Waals surface area contributed by atoms with Crippen molar-refractivity contribution in [2.45, 2.75) is 30.0 Å². The van der Waals surface area contributed by atoms with Gasteiger partial charge in [-0.3, -0.25) is 0 Å². The highest BCUT2D eigenvalue weighted by Crippen LogP contribution is 2.29. The zero-order valence-corrected chi connectivity index (χ0v) is 12.8. The SMILES string of the molecule is Cc1ccc(S(=O)(=O)N2CCC(n3nccn3)CC2)s1. The lowest BCUT2D eigenvalue weighted by atomic mass is 10.1. The number of nitrogens with zero attached hydrogens (tertiary/aromatic N) is 4. The highest BCUT2D eigenvalue weighted by molar-refractivity contribution is 7.91. The molecule has 0 amide bonds. The molecule has 3 heterocycles. The molecular weight excluding hydrogens is 296 g/mol. The van der Waals surface area contributed by atoms with Crippen LogP contribution in [0, 0.1) is 6.92 Å². The van der Waals surface area contributed by atoms with Crippen molar-refractivity contribution in [3.63, 3.8) is 0 Å². The number of rotatable bonds is 3. The van der Waals surface area contributed by atoms with Gasteiger partial charge in [-0.15, -0.1) is 11.3 Å². The summed E-state index contributed by atoms with van der Waals surface area (Å²) in [5.41, 5.74) is 0. The van der Waals surface area contributed by atoms with Crippen molar-refractivity contribution in [1.29, 1.82) is 0 Å². The first-order valence-electron chi connectivity index (χ1n) is 6.50. The van der Waals surface area contributed by atoms with E-state index in [0.29, 0.717) is 17.3 Å². The summed E-state index contributed by atoms with van der Waals surface area (Å²) in [7, 11) is -3.33. The van der Waals surface area contributed by atoms with E-state index in [1.165, 1.54) is 11.3 Å². The van der Waals surface area contributed by atoms with Crippen LogP contribution in [0.1, 0.15) is 23.8 Å². The van der Waals surface area contributed by atoms with Crippen LogP contribution in [0.25, 0.3) is 0 Å². The minimum atomic E-state index is -3.33. The number of aromatic nitrogens is 3. The molecule has 108 valence electrons. The maximum atomic E-state index is 12.5. The summed E-state index contributed by atoms with van der Waals surface area (Å²) in [5, 5.41) is 8.26. The third kappa shape index (κ3) is 2.50. The fourth-order valence-corrected chi connectivity index (χ4v) is 5.31. The molecule has 20 heavy (non-hydrogen) atoms. The number of thiophene rings is 1. The van der Waals surface area contributed by atoms with Crippen LogP contribution in [-0.2, 0) is 10.0 Å². The van der Waals surface area contributed by atoms with E-state index in [9.17, 15) is 8.42 Å². The summed E-state index contributed by atoms with van der Waals surface area (Å²) in [4.78, 5) is 2.69. The maximum absolute atomic E-state index is 12.5. The van der Waals surface area contributed by atoms with Gasteiger partial charge in [-0.1, -0.05) is 0 Å². The first-order chi connectivity index (χ1) is 9.57. The predicted molar refractivity (Wildman–Crippen MR) is 76.1 cm³/mol. The van der Waals surface area contributed by atoms with Crippen molar-refractivity contribution in [3.8, 4) is 0 Å². The van der Waals surface area contributed by atoms with E-state index in [-0.39, 0.29) is 6.04 Å². The van der Waals surface area contributed by atoms with Crippen LogP contribution in [0.15, 0.2) is 28.7 Å². The third-order valence-electron chi connectivity index (χ3n) is 3.50. The van der Waals surface area contributed by atoms with Gasteiger partial charge in [-0.25, -0.2) is 8.42 Å². The maximum Gasteiger partial charge on any atom is 0.252 e. The van der Waals surface area contributed by atoms with E-state index >= 15 is 0 Å². The number of piperidine rings is 1. The Morgan fingerprint density at radius 1 is 1.20 bits per heavy atom. The molecule has 1 aliphatic rings. The summed E-state index contributed by atoms with van der Waals surface area (Å²) >= 11 is 1.33. The fraction of sp³-hybridized carbons (Fsp3) is 0.500. The highest BCUT2D eigenvalue weighted by Gasteiger charge is 2.31. The van der Waals surface area contributed by atoms with Gasteiger partial charge in [0.05, 0.1) is 18.4 Å². The van der Waals surface area contributed by atoms with Crippen LogP contribution >= 0.6 is 11.3 Å². The molecule has 0 radical (unpaired) electrons. The van der Waals surface area contributed by atoms with Gasteiger partial charge in [0.2, 0.25) is 0 Å². The van der Waals surface area contributed by atoms with Gasteiger partial charge in [0.15, 0.2) is 0 Å². The first-order valence-corrected chi connectivity index (χ1v) is 8.75. The van der Waals surface area contributed by atoms with E-state index in [1.54, 1.807) is 27.6 Å². The number of sulfonamides is 1. The molecule has 6 nitrogen and oxygen atoms in total. The molecule has 1 aliphatic heterocycles. The Morgan fingerprint density at radius 2 is 1.85 bits per heavy atom. The largest absolute Gasteiger partial charge is 0.252 e. The topological polar surface area (TPSA) is 68.1 Å². The molecule has 0 spiro atoms. The second-order valence-corrected chi connectivity index (χ2v) is 8.30. The molecule has 2 aromatic heterocycles. The van der Waals surface area contributed by atoms with Crippen LogP contribution in [0.3, 0.4) is 0 Å². The molecule has 0 bridgehead atoms. The average Bonchev–Trinajstić information content (AvgIpc) is 3.10. The van der Waals surface area contributed by atoms with Crippen LogP contribution < -0.4 is 0 Å². The Labute approximate surface area is 122 Å². The summed E-state index contributed by atoms with van der Waals surface area (Å²) in [6.07, 6.45) is 4.80. The van der Waals surface area contributed by atoms with Gasteiger partial charge in [0.1, 0.15) is 4.21 Å². The lowest BCUT2D eigenvalue weighted by Crippen LogP contribution is -2.39. The van der Waals surface area contributed by atoms with E-state index in [1.807, 2.05) is 13.0 Å². The number of aryl methyl sites for hydroxylation is 1. The van der Waals surface area contributed by atoms with Gasteiger partial charge < -0.3 is 0 Å². The zero-order chi connectivity index (χ0) is 14.2. The van der Waals surface area contributed by atoms with E-state index in [4.69, 9.17) is 0 Å². The van der Waals surface area contributed by atoms with Gasteiger partial charge >= 0.3 is 0 Å². The van der Waals surface area contributed by atoms with E-state index in [0.717, 1.165) is 17.7 Å². The Bertz CT molecular complexity index is 670. The Balaban J connectivity index is 1.72. The quantitative estimate of drug-likeness (QED) is 0.864. The van der Waals surface area contributed by atoms with Gasteiger partial charge in [-0.2, -0.15) is 19.3 Å². The normalized spacial score (nSPS) is 18.4. The molecule has 3 rings (SSSR count). The van der Waals surface area contributed by atoms with Crippen LogP contribution in [0.2, 0.25) is 0 Å². The second-order valence-electron chi connectivity index (χ2n) is 4.85. The predicted octanol–water partition coefficient (Wildman–Crippen LogP) is 1.67. The second kappa shape index (κ2) is 5.27. The molecule has 1 fully saturated rings. The van der Waals surface area contributed by atoms with Crippen molar-refractivity contribution >= 4 is 21.4 Å². The Hall–Kier alpha value is -1.25. The first kappa shape index (κ1) is 13.7. The van der Waals surface area contributed by atoms with Gasteiger partial charge in [0, 0.05) is 18.0 Å².